The van der Waals surface area contributed by atoms with Gasteiger partial charge in [-0.15, -0.1) is 0 Å². The zero-order valence-corrected chi connectivity index (χ0v) is 17.3. The number of imidazole rings is 1. The lowest BCUT2D eigenvalue weighted by atomic mass is 9.96. The third-order valence-electron chi connectivity index (χ3n) is 5.38. The Morgan fingerprint density at radius 1 is 1.24 bits per heavy atom. The number of hydrogen-bond donors (Lipinski definition) is 1. The number of aryl methyl sites for hydroxylation is 1. The summed E-state index contributed by atoms with van der Waals surface area (Å²) in [5, 5.41) is 0. The molecule has 29 heavy (non-hydrogen) atoms. The number of morpholine rings is 1. The number of nitrogens with one attached hydrogen (secondary N) is 1. The molecule has 1 amide bonds. The van der Waals surface area contributed by atoms with E-state index in [1.807, 2.05) is 62.3 Å². The minimum Gasteiger partial charge on any atom is -0.373 e. The third kappa shape index (κ3) is 4.33. The minimum absolute atomic E-state index is 0.0529. The molecule has 4 rings (SSSR count). The fourth-order valence-electron chi connectivity index (χ4n) is 4.14. The molecule has 3 aromatic rings. The molecular weight excluding hydrogens is 364 g/mol. The molecule has 1 aliphatic rings. The Kier molecular flexibility index (Phi) is 5.65. The molecule has 0 spiro atoms. The van der Waals surface area contributed by atoms with Crippen LogP contribution in [0.5, 0.6) is 0 Å². The van der Waals surface area contributed by atoms with Crippen molar-refractivity contribution in [2.45, 2.75) is 25.5 Å². The van der Waals surface area contributed by atoms with Crippen molar-refractivity contribution in [2.24, 2.45) is 0 Å². The van der Waals surface area contributed by atoms with Crippen molar-refractivity contribution < 1.29 is 9.53 Å². The van der Waals surface area contributed by atoms with E-state index in [1.54, 1.807) is 0 Å². The fraction of sp³-hybridized carbons (Fsp3) is 0.391. The molecule has 2 aromatic carbocycles. The van der Waals surface area contributed by atoms with Crippen molar-refractivity contribution in [3.8, 4) is 0 Å². The van der Waals surface area contributed by atoms with Crippen molar-refractivity contribution in [2.75, 3.05) is 33.8 Å². The maximum Gasteiger partial charge on any atom is 0.227 e. The number of aromatic amines is 1. The van der Waals surface area contributed by atoms with Crippen molar-refractivity contribution in [3.63, 3.8) is 0 Å². The number of ether oxygens (including phenoxy) is 1. The van der Waals surface area contributed by atoms with Gasteiger partial charge in [-0.25, -0.2) is 4.98 Å². The van der Waals surface area contributed by atoms with E-state index in [4.69, 9.17) is 4.74 Å². The highest BCUT2D eigenvalue weighted by Crippen LogP contribution is 2.30. The molecule has 6 nitrogen and oxygen atoms in total. The van der Waals surface area contributed by atoms with Gasteiger partial charge in [0.1, 0.15) is 5.82 Å². The summed E-state index contributed by atoms with van der Waals surface area (Å²) in [5.74, 6) is 1.01. The summed E-state index contributed by atoms with van der Waals surface area (Å²) < 4.78 is 6.10. The van der Waals surface area contributed by atoms with Gasteiger partial charge in [-0.3, -0.25) is 4.79 Å². The SMILES string of the molecule is Cc1nc2ccc(CC(=O)N3CCO[C@@H](CN(C)C)[C@@H]3c3ccccc3)cc2[nH]1. The second-order valence-corrected chi connectivity index (χ2v) is 7.96. The Morgan fingerprint density at radius 2 is 2.03 bits per heavy atom. The summed E-state index contributed by atoms with van der Waals surface area (Å²) >= 11 is 0. The first-order valence-electron chi connectivity index (χ1n) is 10.1. The standard InChI is InChI=1S/C23H28N4O2/c1-16-24-19-10-9-17(13-20(19)25-16)14-22(28)27-11-12-29-21(15-26(2)3)23(27)18-7-5-4-6-8-18/h4-10,13,21,23H,11-12,14-15H2,1-3H3,(H,24,25)/t21-,23-/m0/s1. The zero-order valence-electron chi connectivity index (χ0n) is 17.3. The lowest BCUT2D eigenvalue weighted by molar-refractivity contribution is -0.147. The third-order valence-corrected chi connectivity index (χ3v) is 5.38. The topological polar surface area (TPSA) is 61.5 Å². The number of aromatic nitrogens is 2. The molecule has 2 heterocycles. The highest BCUT2D eigenvalue weighted by Gasteiger charge is 2.36. The van der Waals surface area contributed by atoms with Crippen LogP contribution in [-0.4, -0.2) is 65.6 Å². The van der Waals surface area contributed by atoms with Crippen molar-refractivity contribution in [3.05, 3.63) is 65.5 Å². The number of hydrogen-bond acceptors (Lipinski definition) is 4. The molecule has 0 bridgehead atoms. The van der Waals surface area contributed by atoms with E-state index in [0.717, 1.165) is 34.5 Å². The molecule has 1 aliphatic heterocycles. The van der Waals surface area contributed by atoms with Gasteiger partial charge in [0, 0.05) is 13.1 Å². The Labute approximate surface area is 171 Å². The molecule has 1 saturated heterocycles. The number of benzene rings is 2. The molecule has 1 fully saturated rings. The van der Waals surface area contributed by atoms with Crippen LogP contribution in [0.15, 0.2) is 48.5 Å². The second kappa shape index (κ2) is 8.35. The average Bonchev–Trinajstić information content (AvgIpc) is 3.07. The molecule has 0 unspecified atom stereocenters. The van der Waals surface area contributed by atoms with Crippen molar-refractivity contribution in [1.29, 1.82) is 0 Å². The minimum atomic E-state index is -0.0852. The van der Waals surface area contributed by atoms with Crippen LogP contribution < -0.4 is 0 Å². The van der Waals surface area contributed by atoms with Gasteiger partial charge in [-0.2, -0.15) is 0 Å². The van der Waals surface area contributed by atoms with Gasteiger partial charge in [0.15, 0.2) is 0 Å². The first-order valence-corrected chi connectivity index (χ1v) is 10.1. The number of carbonyl (C=O) groups excluding carboxylic acids is 1. The number of H-pyrrole nitrogens is 1. The van der Waals surface area contributed by atoms with Gasteiger partial charge in [0.25, 0.3) is 0 Å². The molecule has 0 aliphatic carbocycles. The highest BCUT2D eigenvalue weighted by molar-refractivity contribution is 5.82. The van der Waals surface area contributed by atoms with Gasteiger partial charge in [0.2, 0.25) is 5.91 Å². The maximum absolute atomic E-state index is 13.4. The molecule has 1 aromatic heterocycles. The van der Waals surface area contributed by atoms with Crippen LogP contribution in [-0.2, 0) is 16.0 Å². The quantitative estimate of drug-likeness (QED) is 0.725. The maximum atomic E-state index is 13.4. The van der Waals surface area contributed by atoms with Crippen LogP contribution >= 0.6 is 0 Å². The zero-order chi connectivity index (χ0) is 20.4. The lowest BCUT2D eigenvalue weighted by Crippen LogP contribution is -2.51. The van der Waals surface area contributed by atoms with Crippen LogP contribution in [0.1, 0.15) is 23.0 Å². The summed E-state index contributed by atoms with van der Waals surface area (Å²) in [6.45, 7) is 3.87. The Balaban J connectivity index is 1.59. The highest BCUT2D eigenvalue weighted by atomic mass is 16.5. The summed E-state index contributed by atoms with van der Waals surface area (Å²) in [4.78, 5) is 25.2. The number of nitrogens with zero attached hydrogens (tertiary/aromatic N) is 3. The monoisotopic (exact) mass is 392 g/mol. The predicted octanol–water partition coefficient (Wildman–Crippen LogP) is 2.94. The number of fused-ring (bicyclic) bond motifs is 1. The Bertz CT molecular complexity index is 983. The van der Waals surface area contributed by atoms with E-state index in [-0.39, 0.29) is 18.1 Å². The van der Waals surface area contributed by atoms with Crippen LogP contribution in [0.3, 0.4) is 0 Å². The summed E-state index contributed by atoms with van der Waals surface area (Å²) in [6, 6.07) is 16.1. The van der Waals surface area contributed by atoms with E-state index in [9.17, 15) is 4.79 Å². The van der Waals surface area contributed by atoms with Crippen LogP contribution in [0.2, 0.25) is 0 Å². The number of amides is 1. The van der Waals surface area contributed by atoms with Crippen LogP contribution in [0.25, 0.3) is 11.0 Å². The molecule has 152 valence electrons. The van der Waals surface area contributed by atoms with Gasteiger partial charge < -0.3 is 19.5 Å². The average molecular weight is 393 g/mol. The summed E-state index contributed by atoms with van der Waals surface area (Å²) in [7, 11) is 4.07. The van der Waals surface area contributed by atoms with Crippen LogP contribution in [0, 0.1) is 6.92 Å². The van der Waals surface area contributed by atoms with E-state index in [1.165, 1.54) is 0 Å². The molecule has 0 radical (unpaired) electrons. The summed E-state index contributed by atoms with van der Waals surface area (Å²) in [6.07, 6.45) is 0.314. The molecule has 2 atom stereocenters. The van der Waals surface area contributed by atoms with E-state index in [2.05, 4.69) is 27.0 Å². The Hall–Kier alpha value is -2.70. The molecule has 1 N–H and O–H groups in total. The van der Waals surface area contributed by atoms with E-state index < -0.39 is 0 Å². The van der Waals surface area contributed by atoms with Gasteiger partial charge in [-0.05, 0) is 44.3 Å². The van der Waals surface area contributed by atoms with Crippen LogP contribution in [0.4, 0.5) is 0 Å². The normalized spacial score (nSPS) is 19.8. The summed E-state index contributed by atoms with van der Waals surface area (Å²) in [5.41, 5.74) is 4.01. The van der Waals surface area contributed by atoms with E-state index in [0.29, 0.717) is 19.6 Å². The fourth-order valence-corrected chi connectivity index (χ4v) is 4.14. The van der Waals surface area contributed by atoms with E-state index >= 15 is 0 Å². The second-order valence-electron chi connectivity index (χ2n) is 7.96. The predicted molar refractivity (Wildman–Crippen MR) is 114 cm³/mol. The lowest BCUT2D eigenvalue weighted by Gasteiger charge is -2.42. The number of likely N-dealkylation sites (N-methyl/N-ethyl adjacent to an activating group) is 1. The Morgan fingerprint density at radius 3 is 2.79 bits per heavy atom. The smallest absolute Gasteiger partial charge is 0.227 e. The van der Waals surface area contributed by atoms with Crippen molar-refractivity contribution >= 4 is 16.9 Å². The number of rotatable bonds is 5. The largest absolute Gasteiger partial charge is 0.373 e. The molecule has 0 saturated carbocycles. The van der Waals surface area contributed by atoms with Gasteiger partial charge in [-0.1, -0.05) is 36.4 Å². The van der Waals surface area contributed by atoms with Gasteiger partial charge in [0.05, 0.1) is 36.2 Å². The first kappa shape index (κ1) is 19.6. The molecule has 6 heteroatoms. The molecular formula is C23H28N4O2. The van der Waals surface area contributed by atoms with Gasteiger partial charge >= 0.3 is 0 Å². The first-order chi connectivity index (χ1) is 14.0. The number of carbonyl (C=O) groups is 1. The van der Waals surface area contributed by atoms with Crippen molar-refractivity contribution in [1.82, 2.24) is 19.8 Å².